The van der Waals surface area contributed by atoms with E-state index in [9.17, 15) is 0 Å². The van der Waals surface area contributed by atoms with Crippen LogP contribution in [0.3, 0.4) is 0 Å². The van der Waals surface area contributed by atoms with E-state index in [1.807, 2.05) is 24.3 Å². The lowest BCUT2D eigenvalue weighted by molar-refractivity contribution is 0.122. The summed E-state index contributed by atoms with van der Waals surface area (Å²) in [5, 5.41) is 0. The van der Waals surface area contributed by atoms with Crippen LogP contribution in [0.25, 0.3) is 39.5 Å². The van der Waals surface area contributed by atoms with E-state index in [2.05, 4.69) is 70.1 Å². The average molecular weight is 568 g/mol. The Morgan fingerprint density at radius 3 is 2.37 bits per heavy atom. The second-order valence-electron chi connectivity index (χ2n) is 10.7. The maximum Gasteiger partial charge on any atom is 0.165 e. The van der Waals surface area contributed by atoms with Gasteiger partial charge in [-0.3, -0.25) is 4.57 Å². The van der Waals surface area contributed by atoms with Crippen molar-refractivity contribution in [1.82, 2.24) is 14.5 Å². The lowest BCUT2D eigenvalue weighted by Crippen LogP contribution is -2.43. The molecule has 3 heterocycles. The van der Waals surface area contributed by atoms with Crippen LogP contribution in [-0.4, -0.2) is 47.9 Å². The summed E-state index contributed by atoms with van der Waals surface area (Å²) >= 11 is 0. The number of methoxy groups -OCH3 is 1. The summed E-state index contributed by atoms with van der Waals surface area (Å²) in [7, 11) is 1.69. The molecule has 1 aliphatic carbocycles. The van der Waals surface area contributed by atoms with Crippen LogP contribution in [0, 0.1) is 0 Å². The lowest BCUT2D eigenvalue weighted by Gasteiger charge is -2.38. The van der Waals surface area contributed by atoms with Gasteiger partial charge in [-0.15, -0.1) is 12.4 Å². The molecule has 7 rings (SSSR count). The summed E-state index contributed by atoms with van der Waals surface area (Å²) in [6, 6.07) is 29.3. The molecule has 0 unspecified atom stereocenters. The molecule has 3 aromatic carbocycles. The van der Waals surface area contributed by atoms with Gasteiger partial charge in [0.15, 0.2) is 11.5 Å². The van der Waals surface area contributed by atoms with Crippen LogP contribution < -0.4 is 15.4 Å². The number of morpholine rings is 1. The highest BCUT2D eigenvalue weighted by atomic mass is 35.5. The van der Waals surface area contributed by atoms with Crippen molar-refractivity contribution in [3.05, 3.63) is 90.5 Å². The van der Waals surface area contributed by atoms with E-state index in [0.29, 0.717) is 0 Å². The molecule has 7 nitrogen and oxygen atoms in total. The minimum atomic E-state index is -0.210. The fraction of sp³-hybridized carbons (Fsp3) is 0.273. The van der Waals surface area contributed by atoms with Gasteiger partial charge in [0.25, 0.3) is 0 Å². The number of aromatic nitrogens is 3. The number of rotatable bonds is 6. The zero-order chi connectivity index (χ0) is 27.1. The topological polar surface area (TPSA) is 78.4 Å². The van der Waals surface area contributed by atoms with Crippen LogP contribution >= 0.6 is 12.4 Å². The molecule has 2 N–H and O–H groups in total. The minimum absolute atomic E-state index is 0. The number of hydrogen-bond donors (Lipinski definition) is 1. The molecule has 2 aliphatic rings. The number of hydrogen-bond acceptors (Lipinski definition) is 6. The Labute approximate surface area is 246 Å². The Kier molecular flexibility index (Phi) is 7.43. The van der Waals surface area contributed by atoms with Crippen molar-refractivity contribution in [1.29, 1.82) is 0 Å². The van der Waals surface area contributed by atoms with Crippen LogP contribution in [0.4, 0.5) is 5.69 Å². The smallest absolute Gasteiger partial charge is 0.165 e. The first kappa shape index (κ1) is 27.3. The molecular weight excluding hydrogens is 534 g/mol. The van der Waals surface area contributed by atoms with E-state index >= 15 is 0 Å². The average Bonchev–Trinajstić information content (AvgIpc) is 3.39. The van der Waals surface area contributed by atoms with Crippen LogP contribution in [0.1, 0.15) is 24.8 Å². The van der Waals surface area contributed by atoms with Crippen LogP contribution in [0.15, 0.2) is 84.9 Å². The standard InChI is InChI=1S/C33H33N5O2.ClH/c1-39-30-9-3-2-8-27(30)31-36-29-15-14-28(23-6-4-7-26(22-23)37-18-20-40-21-19-37)35-32(29)38(31)25-12-10-24(11-13-25)33(34)16-5-17-33;/h2-4,6-15,22H,5,16-21,34H2,1H3;1H. The number of imidazole rings is 1. The van der Waals surface area contributed by atoms with Gasteiger partial charge in [0.2, 0.25) is 0 Å². The van der Waals surface area contributed by atoms with Gasteiger partial charge in [-0.25, -0.2) is 9.97 Å². The van der Waals surface area contributed by atoms with Gasteiger partial charge >= 0.3 is 0 Å². The zero-order valence-electron chi connectivity index (χ0n) is 23.1. The van der Waals surface area contributed by atoms with Crippen molar-refractivity contribution >= 4 is 29.3 Å². The van der Waals surface area contributed by atoms with Gasteiger partial charge < -0.3 is 20.1 Å². The number of fused-ring (bicyclic) bond motifs is 1. The minimum Gasteiger partial charge on any atom is -0.496 e. The predicted octanol–water partition coefficient (Wildman–Crippen LogP) is 6.36. The Balaban J connectivity index is 0.00000302. The van der Waals surface area contributed by atoms with E-state index in [1.165, 1.54) is 17.7 Å². The van der Waals surface area contributed by atoms with Gasteiger partial charge in [-0.1, -0.05) is 36.4 Å². The Bertz CT molecular complexity index is 1670. The number of ether oxygens (including phenoxy) is 2. The summed E-state index contributed by atoms with van der Waals surface area (Å²) in [6.45, 7) is 3.29. The number of halogens is 1. The SMILES string of the molecule is COc1ccccc1-c1nc2ccc(-c3cccc(N4CCOCC4)c3)nc2n1-c1ccc(C2(N)CCC2)cc1.Cl. The Morgan fingerprint density at radius 1 is 0.854 bits per heavy atom. The second-order valence-corrected chi connectivity index (χ2v) is 10.7. The van der Waals surface area contributed by atoms with Crippen molar-refractivity contribution in [3.8, 4) is 34.1 Å². The molecule has 2 aromatic heterocycles. The molecular formula is C33H34ClN5O2. The molecule has 41 heavy (non-hydrogen) atoms. The van der Waals surface area contributed by atoms with Crippen molar-refractivity contribution < 1.29 is 9.47 Å². The summed E-state index contributed by atoms with van der Waals surface area (Å²) in [6.07, 6.45) is 3.24. The molecule has 1 aliphatic heterocycles. The van der Waals surface area contributed by atoms with E-state index in [1.54, 1.807) is 7.11 Å². The van der Waals surface area contributed by atoms with E-state index in [4.69, 9.17) is 25.2 Å². The van der Waals surface area contributed by atoms with E-state index in [-0.39, 0.29) is 17.9 Å². The normalized spacial score (nSPS) is 16.2. The number of benzene rings is 3. The fourth-order valence-corrected chi connectivity index (χ4v) is 5.84. The maximum atomic E-state index is 6.63. The maximum absolute atomic E-state index is 6.63. The Hall–Kier alpha value is -3.91. The summed E-state index contributed by atoms with van der Waals surface area (Å²) in [4.78, 5) is 12.6. The molecule has 2 fully saturated rings. The number of nitrogens with zero attached hydrogens (tertiary/aromatic N) is 4. The molecule has 0 spiro atoms. The van der Waals surface area contributed by atoms with Gasteiger partial charge in [0.05, 0.1) is 31.6 Å². The van der Waals surface area contributed by atoms with Crippen LogP contribution in [0.5, 0.6) is 5.75 Å². The molecule has 210 valence electrons. The number of pyridine rings is 1. The van der Waals surface area contributed by atoms with E-state index in [0.717, 1.165) is 84.4 Å². The Morgan fingerprint density at radius 2 is 1.63 bits per heavy atom. The molecule has 8 heteroatoms. The number of nitrogens with two attached hydrogens (primary N) is 1. The van der Waals surface area contributed by atoms with Crippen molar-refractivity contribution in [2.24, 2.45) is 5.73 Å². The van der Waals surface area contributed by atoms with Crippen LogP contribution in [0.2, 0.25) is 0 Å². The quantitative estimate of drug-likeness (QED) is 0.257. The summed E-state index contributed by atoms with van der Waals surface area (Å²) in [5.74, 6) is 1.56. The third-order valence-electron chi connectivity index (χ3n) is 8.32. The van der Waals surface area contributed by atoms with Gasteiger partial charge in [0.1, 0.15) is 11.3 Å². The van der Waals surface area contributed by atoms with Gasteiger partial charge in [0, 0.05) is 35.6 Å². The molecule has 0 atom stereocenters. The highest BCUT2D eigenvalue weighted by molar-refractivity contribution is 5.85. The monoisotopic (exact) mass is 567 g/mol. The summed E-state index contributed by atoms with van der Waals surface area (Å²) < 4.78 is 13.4. The highest BCUT2D eigenvalue weighted by Gasteiger charge is 2.34. The van der Waals surface area contributed by atoms with Crippen LogP contribution in [-0.2, 0) is 10.3 Å². The lowest BCUT2D eigenvalue weighted by atomic mass is 9.73. The number of para-hydroxylation sites is 1. The molecule has 0 radical (unpaired) electrons. The van der Waals surface area contributed by atoms with Crippen molar-refractivity contribution in [2.45, 2.75) is 24.8 Å². The molecule has 1 saturated carbocycles. The highest BCUT2D eigenvalue weighted by Crippen LogP contribution is 2.40. The van der Waals surface area contributed by atoms with Gasteiger partial charge in [-0.2, -0.15) is 0 Å². The zero-order valence-corrected chi connectivity index (χ0v) is 23.9. The number of anilines is 1. The second kappa shape index (κ2) is 11.2. The first-order valence-corrected chi connectivity index (χ1v) is 14.0. The third kappa shape index (κ3) is 4.95. The molecule has 0 bridgehead atoms. The first-order valence-electron chi connectivity index (χ1n) is 14.0. The van der Waals surface area contributed by atoms with Crippen molar-refractivity contribution in [2.75, 3.05) is 38.3 Å². The molecule has 5 aromatic rings. The predicted molar refractivity (Wildman–Crippen MR) is 166 cm³/mol. The van der Waals surface area contributed by atoms with Crippen molar-refractivity contribution in [3.63, 3.8) is 0 Å². The third-order valence-corrected chi connectivity index (χ3v) is 8.32. The largest absolute Gasteiger partial charge is 0.496 e. The van der Waals surface area contributed by atoms with E-state index < -0.39 is 0 Å². The fourth-order valence-electron chi connectivity index (χ4n) is 5.84. The summed E-state index contributed by atoms with van der Waals surface area (Å²) in [5.41, 5.74) is 14.3. The molecule has 1 saturated heterocycles. The first-order chi connectivity index (χ1) is 19.6. The van der Waals surface area contributed by atoms with Gasteiger partial charge in [-0.05, 0) is 73.4 Å². The molecule has 0 amide bonds.